The Balaban J connectivity index is 2.62. The fourth-order valence-electron chi connectivity index (χ4n) is 1.76. The van der Waals surface area contributed by atoms with E-state index in [9.17, 15) is 4.79 Å². The molecule has 0 saturated carbocycles. The average Bonchev–Trinajstić information content (AvgIpc) is 2.34. The van der Waals surface area contributed by atoms with Crippen molar-refractivity contribution in [2.24, 2.45) is 0 Å². The smallest absolute Gasteiger partial charge is 0.305 e. The van der Waals surface area contributed by atoms with Gasteiger partial charge >= 0.3 is 5.97 Å². The van der Waals surface area contributed by atoms with E-state index in [1.54, 1.807) is 7.11 Å². The Hall–Kier alpha value is -1.55. The molecule has 0 aliphatic heterocycles. The van der Waals surface area contributed by atoms with Gasteiger partial charge in [-0.1, -0.05) is 17.7 Å². The van der Waals surface area contributed by atoms with Crippen LogP contribution in [0.25, 0.3) is 0 Å². The summed E-state index contributed by atoms with van der Waals surface area (Å²) in [6, 6.07) is 8.15. The fourth-order valence-corrected chi connectivity index (χ4v) is 1.76. The number of nitrogens with zero attached hydrogens (tertiary/aromatic N) is 1. The van der Waals surface area contributed by atoms with E-state index in [4.69, 9.17) is 9.84 Å². The van der Waals surface area contributed by atoms with Gasteiger partial charge in [-0.3, -0.25) is 4.79 Å². The molecule has 1 aromatic carbocycles. The van der Waals surface area contributed by atoms with Crippen molar-refractivity contribution < 1.29 is 14.6 Å². The van der Waals surface area contributed by atoms with E-state index >= 15 is 0 Å². The van der Waals surface area contributed by atoms with Crippen LogP contribution in [0, 0.1) is 6.92 Å². The van der Waals surface area contributed by atoms with Crippen LogP contribution in [0.4, 0.5) is 5.69 Å². The average molecular weight is 251 g/mol. The van der Waals surface area contributed by atoms with Crippen molar-refractivity contribution in [2.45, 2.75) is 19.8 Å². The van der Waals surface area contributed by atoms with Crippen LogP contribution in [0.15, 0.2) is 24.3 Å². The molecule has 4 heteroatoms. The van der Waals surface area contributed by atoms with Crippen molar-refractivity contribution in [2.75, 3.05) is 31.7 Å². The standard InChI is InChI=1S/C14H21NO3/c1-12-4-6-13(7-5-12)15(9-3-11-18-2)10-8-14(16)17/h4-7H,3,8-11H2,1-2H3,(H,16,17). The summed E-state index contributed by atoms with van der Waals surface area (Å²) >= 11 is 0. The summed E-state index contributed by atoms with van der Waals surface area (Å²) < 4.78 is 5.03. The summed E-state index contributed by atoms with van der Waals surface area (Å²) in [6.45, 7) is 4.07. The molecule has 100 valence electrons. The molecule has 0 heterocycles. The topological polar surface area (TPSA) is 49.8 Å². The third-order valence-corrected chi connectivity index (χ3v) is 2.77. The number of aliphatic carboxylic acids is 1. The van der Waals surface area contributed by atoms with E-state index in [1.165, 1.54) is 5.56 Å². The van der Waals surface area contributed by atoms with Crippen molar-refractivity contribution in [1.29, 1.82) is 0 Å². The van der Waals surface area contributed by atoms with E-state index in [0.29, 0.717) is 13.2 Å². The van der Waals surface area contributed by atoms with Crippen LogP contribution in [0.5, 0.6) is 0 Å². The Morgan fingerprint density at radius 3 is 2.50 bits per heavy atom. The minimum atomic E-state index is -0.765. The highest BCUT2D eigenvalue weighted by molar-refractivity contribution is 5.67. The largest absolute Gasteiger partial charge is 0.481 e. The second-order valence-electron chi connectivity index (χ2n) is 4.31. The van der Waals surface area contributed by atoms with Crippen molar-refractivity contribution in [3.63, 3.8) is 0 Å². The maximum Gasteiger partial charge on any atom is 0.305 e. The van der Waals surface area contributed by atoms with Crippen molar-refractivity contribution in [3.05, 3.63) is 29.8 Å². The number of benzene rings is 1. The molecule has 0 spiro atoms. The SMILES string of the molecule is COCCCN(CCC(=O)O)c1ccc(C)cc1. The van der Waals surface area contributed by atoms with Crippen molar-refractivity contribution >= 4 is 11.7 Å². The third-order valence-electron chi connectivity index (χ3n) is 2.77. The lowest BCUT2D eigenvalue weighted by molar-refractivity contribution is -0.136. The van der Waals surface area contributed by atoms with Crippen LogP contribution in [-0.2, 0) is 9.53 Å². The first-order valence-electron chi connectivity index (χ1n) is 6.16. The first-order chi connectivity index (χ1) is 8.63. The van der Waals surface area contributed by atoms with Gasteiger partial charge in [0.25, 0.3) is 0 Å². The number of methoxy groups -OCH3 is 1. The van der Waals surface area contributed by atoms with Gasteiger partial charge in [-0.2, -0.15) is 0 Å². The van der Waals surface area contributed by atoms with Crippen molar-refractivity contribution in [3.8, 4) is 0 Å². The molecular formula is C14H21NO3. The summed E-state index contributed by atoms with van der Waals surface area (Å²) in [5, 5.41) is 8.77. The zero-order valence-corrected chi connectivity index (χ0v) is 11.1. The lowest BCUT2D eigenvalue weighted by Crippen LogP contribution is -2.28. The van der Waals surface area contributed by atoms with Gasteiger partial charge in [0.2, 0.25) is 0 Å². The molecule has 0 atom stereocenters. The highest BCUT2D eigenvalue weighted by atomic mass is 16.5. The molecule has 0 radical (unpaired) electrons. The quantitative estimate of drug-likeness (QED) is 0.720. The van der Waals surface area contributed by atoms with Crippen LogP contribution in [0.2, 0.25) is 0 Å². The first-order valence-corrected chi connectivity index (χ1v) is 6.16. The fraction of sp³-hybridized carbons (Fsp3) is 0.500. The first kappa shape index (κ1) is 14.5. The van der Waals surface area contributed by atoms with E-state index in [2.05, 4.69) is 4.90 Å². The number of carboxylic acids is 1. The van der Waals surface area contributed by atoms with E-state index in [-0.39, 0.29) is 6.42 Å². The lowest BCUT2D eigenvalue weighted by Gasteiger charge is -2.24. The van der Waals surface area contributed by atoms with Gasteiger partial charge in [0, 0.05) is 32.5 Å². The predicted molar refractivity (Wildman–Crippen MR) is 72.1 cm³/mol. The Morgan fingerprint density at radius 1 is 1.28 bits per heavy atom. The van der Waals surface area contributed by atoms with E-state index in [1.807, 2.05) is 31.2 Å². The summed E-state index contributed by atoms with van der Waals surface area (Å²) in [5.41, 5.74) is 2.27. The molecule has 1 aromatic rings. The number of ether oxygens (including phenoxy) is 1. The summed E-state index contributed by atoms with van der Waals surface area (Å²) in [4.78, 5) is 12.8. The van der Waals surface area contributed by atoms with E-state index < -0.39 is 5.97 Å². The molecule has 0 aromatic heterocycles. The molecule has 0 unspecified atom stereocenters. The van der Waals surface area contributed by atoms with Gasteiger partial charge < -0.3 is 14.7 Å². The number of aryl methyl sites for hydroxylation is 1. The summed E-state index contributed by atoms with van der Waals surface area (Å²) in [7, 11) is 1.67. The molecular weight excluding hydrogens is 230 g/mol. The summed E-state index contributed by atoms with van der Waals surface area (Å²) in [6.07, 6.45) is 1.05. The molecule has 0 aliphatic carbocycles. The third kappa shape index (κ3) is 5.19. The van der Waals surface area contributed by atoms with Gasteiger partial charge in [0.05, 0.1) is 6.42 Å². The molecule has 1 N–H and O–H groups in total. The van der Waals surface area contributed by atoms with Gasteiger partial charge in [-0.15, -0.1) is 0 Å². The van der Waals surface area contributed by atoms with Crippen LogP contribution in [-0.4, -0.2) is 37.9 Å². The normalized spacial score (nSPS) is 10.3. The zero-order chi connectivity index (χ0) is 13.4. The Labute approximate surface area is 108 Å². The number of carboxylic acid groups (broad SMARTS) is 1. The molecule has 1 rings (SSSR count). The number of carbonyl (C=O) groups is 1. The molecule has 0 fully saturated rings. The number of hydrogen-bond donors (Lipinski definition) is 1. The summed E-state index contributed by atoms with van der Waals surface area (Å²) in [5.74, 6) is -0.765. The predicted octanol–water partition coefficient (Wildman–Crippen LogP) is 2.31. The second-order valence-corrected chi connectivity index (χ2v) is 4.31. The van der Waals surface area contributed by atoms with Gasteiger partial charge in [-0.25, -0.2) is 0 Å². The monoisotopic (exact) mass is 251 g/mol. The zero-order valence-electron chi connectivity index (χ0n) is 11.1. The maximum absolute atomic E-state index is 10.7. The lowest BCUT2D eigenvalue weighted by atomic mass is 10.2. The molecule has 0 saturated heterocycles. The molecule has 4 nitrogen and oxygen atoms in total. The van der Waals surface area contributed by atoms with Crippen LogP contribution >= 0.6 is 0 Å². The Kier molecular flexibility index (Phi) is 6.22. The van der Waals surface area contributed by atoms with Crippen molar-refractivity contribution in [1.82, 2.24) is 0 Å². The van der Waals surface area contributed by atoms with Crippen LogP contribution in [0.1, 0.15) is 18.4 Å². The number of anilines is 1. The number of hydrogen-bond acceptors (Lipinski definition) is 3. The highest BCUT2D eigenvalue weighted by Crippen LogP contribution is 2.15. The molecule has 0 amide bonds. The maximum atomic E-state index is 10.7. The second kappa shape index (κ2) is 7.71. The van der Waals surface area contributed by atoms with Gasteiger partial charge in [-0.05, 0) is 25.5 Å². The minimum Gasteiger partial charge on any atom is -0.481 e. The van der Waals surface area contributed by atoms with Crippen LogP contribution in [0.3, 0.4) is 0 Å². The van der Waals surface area contributed by atoms with Gasteiger partial charge in [0.1, 0.15) is 0 Å². The number of rotatable bonds is 8. The molecule has 0 aliphatic rings. The Morgan fingerprint density at radius 2 is 1.94 bits per heavy atom. The molecule has 18 heavy (non-hydrogen) atoms. The van der Waals surface area contributed by atoms with Crippen LogP contribution < -0.4 is 4.90 Å². The Bertz CT molecular complexity index is 362. The minimum absolute atomic E-state index is 0.154. The van der Waals surface area contributed by atoms with E-state index in [0.717, 1.165) is 18.7 Å². The van der Waals surface area contributed by atoms with Gasteiger partial charge in [0.15, 0.2) is 0 Å². The molecule has 0 bridgehead atoms. The highest BCUT2D eigenvalue weighted by Gasteiger charge is 2.08.